The van der Waals surface area contributed by atoms with E-state index in [0.717, 1.165) is 75.6 Å². The van der Waals surface area contributed by atoms with E-state index in [9.17, 15) is 39.4 Å². The third-order valence-corrected chi connectivity index (χ3v) is 8.71. The van der Waals surface area contributed by atoms with Crippen molar-refractivity contribution in [2.24, 2.45) is 0 Å². The van der Waals surface area contributed by atoms with Crippen LogP contribution < -0.4 is 18.9 Å². The summed E-state index contributed by atoms with van der Waals surface area (Å²) in [6.07, 6.45) is 8.12. The van der Waals surface area contributed by atoms with Crippen LogP contribution in [0.3, 0.4) is 0 Å². The van der Waals surface area contributed by atoms with Crippen molar-refractivity contribution in [3.05, 3.63) is 126 Å². The Hall–Kier alpha value is -6.44. The van der Waals surface area contributed by atoms with Gasteiger partial charge in [0.05, 0.1) is 45.3 Å². The molecule has 4 aromatic rings. The van der Waals surface area contributed by atoms with Crippen LogP contribution in [-0.2, 0) is 0 Å². The van der Waals surface area contributed by atoms with E-state index in [1.165, 1.54) is 24.3 Å². The minimum Gasteiger partial charge on any atom is -0.494 e. The van der Waals surface area contributed by atoms with Gasteiger partial charge in [-0.05, 0) is 73.5 Å². The van der Waals surface area contributed by atoms with Crippen molar-refractivity contribution in [2.45, 2.75) is 65.2 Å². The van der Waals surface area contributed by atoms with Crippen LogP contribution in [0.4, 0.5) is 11.4 Å². The van der Waals surface area contributed by atoms with Crippen LogP contribution in [0.5, 0.6) is 23.0 Å². The van der Waals surface area contributed by atoms with Crippen LogP contribution in [0, 0.1) is 20.2 Å². The molecule has 0 atom stereocenters. The van der Waals surface area contributed by atoms with Crippen LogP contribution in [0.2, 0.25) is 0 Å². The predicted molar refractivity (Wildman–Crippen MR) is 195 cm³/mol. The zero-order valence-electron chi connectivity index (χ0n) is 29.8. The van der Waals surface area contributed by atoms with Crippen molar-refractivity contribution < 1.29 is 48.0 Å². The fraction of sp³-hybridized carbons (Fsp3) is 0.300. The number of hydrogen-bond acceptors (Lipinski definition) is 12. The number of nitro benzene ring substituents is 2. The number of carbonyl (C=O) groups is 4. The van der Waals surface area contributed by atoms with Gasteiger partial charge >= 0.3 is 11.9 Å². The first kappa shape index (κ1) is 38.8. The molecule has 0 aromatic heterocycles. The number of benzene rings is 4. The van der Waals surface area contributed by atoms with Gasteiger partial charge in [0.25, 0.3) is 11.4 Å². The molecule has 4 aromatic carbocycles. The topological polar surface area (TPSA) is 191 Å². The minimum absolute atomic E-state index is 0.0357. The summed E-state index contributed by atoms with van der Waals surface area (Å²) in [7, 11) is 0. The predicted octanol–water partition coefficient (Wildman–Crippen LogP) is 8.64. The first-order valence-electron chi connectivity index (χ1n) is 17.7. The highest BCUT2D eigenvalue weighted by atomic mass is 16.6. The Morgan fingerprint density at radius 1 is 0.519 bits per heavy atom. The molecule has 1 aliphatic carbocycles. The Bertz CT molecular complexity index is 1930. The van der Waals surface area contributed by atoms with Gasteiger partial charge in [0.15, 0.2) is 0 Å². The monoisotopic (exact) mass is 738 g/mol. The number of ketones is 2. The Balaban J connectivity index is 1.45. The van der Waals surface area contributed by atoms with Crippen molar-refractivity contribution in [2.75, 3.05) is 13.2 Å². The lowest BCUT2D eigenvalue weighted by Gasteiger charge is -2.21. The highest BCUT2D eigenvalue weighted by molar-refractivity contribution is 6.33. The normalized spacial score (nSPS) is 11.7. The van der Waals surface area contributed by atoms with Gasteiger partial charge < -0.3 is 18.9 Å². The lowest BCUT2D eigenvalue weighted by molar-refractivity contribution is -0.385. The van der Waals surface area contributed by atoms with Gasteiger partial charge in [-0.25, -0.2) is 9.59 Å². The molecule has 1 aliphatic rings. The first-order chi connectivity index (χ1) is 26.0. The number of nitro groups is 2. The maximum absolute atomic E-state index is 14.3. The second-order valence-corrected chi connectivity index (χ2v) is 12.5. The van der Waals surface area contributed by atoms with Gasteiger partial charge in [0, 0.05) is 12.1 Å². The smallest absolute Gasteiger partial charge is 0.343 e. The number of unbranched alkanes of at least 4 members (excludes halogenated alkanes) is 6. The zero-order valence-corrected chi connectivity index (χ0v) is 29.8. The second kappa shape index (κ2) is 17.9. The fourth-order valence-electron chi connectivity index (χ4n) is 5.91. The number of ether oxygens (including phenoxy) is 4. The number of nitrogens with zero attached hydrogens (tertiary/aromatic N) is 2. The van der Waals surface area contributed by atoms with E-state index in [2.05, 4.69) is 13.8 Å². The molecule has 280 valence electrons. The molecule has 0 saturated carbocycles. The molecule has 0 radical (unpaired) electrons. The summed E-state index contributed by atoms with van der Waals surface area (Å²) in [6.45, 7) is 5.19. The van der Waals surface area contributed by atoms with Crippen molar-refractivity contribution in [1.82, 2.24) is 0 Å². The molecular weight excluding hydrogens is 700 g/mol. The van der Waals surface area contributed by atoms with E-state index in [4.69, 9.17) is 18.9 Å². The summed E-state index contributed by atoms with van der Waals surface area (Å²) >= 11 is 0. The molecular formula is C40H38N2O12. The van der Waals surface area contributed by atoms with E-state index in [1.807, 2.05) is 0 Å². The number of fused-ring (bicyclic) bond motifs is 2. The quantitative estimate of drug-likeness (QED) is 0.0274. The van der Waals surface area contributed by atoms with Gasteiger partial charge in [-0.3, -0.25) is 29.8 Å². The summed E-state index contributed by atoms with van der Waals surface area (Å²) in [5, 5.41) is 24.1. The maximum atomic E-state index is 14.3. The molecule has 0 N–H and O–H groups in total. The van der Waals surface area contributed by atoms with Crippen LogP contribution in [0.1, 0.15) is 118 Å². The number of esters is 2. The van der Waals surface area contributed by atoms with Crippen molar-refractivity contribution >= 4 is 34.9 Å². The van der Waals surface area contributed by atoms with Crippen LogP contribution in [-0.4, -0.2) is 46.6 Å². The van der Waals surface area contributed by atoms with Gasteiger partial charge in [0.2, 0.25) is 11.6 Å². The SMILES string of the molecule is CCCCCCOc1ccc(C(=O)Oc2ccc([N+](=O)[O-])c3c2C(=O)c2c(OC(=O)c4ccc(OCCCCCC)cc4)ccc([N+](=O)[O-])c2C3=O)cc1. The zero-order chi connectivity index (χ0) is 38.8. The van der Waals surface area contributed by atoms with E-state index in [1.54, 1.807) is 24.3 Å². The molecule has 0 saturated heterocycles. The molecule has 0 heterocycles. The van der Waals surface area contributed by atoms with E-state index in [0.29, 0.717) is 24.7 Å². The van der Waals surface area contributed by atoms with Crippen LogP contribution in [0.25, 0.3) is 0 Å². The van der Waals surface area contributed by atoms with Gasteiger partial charge in [-0.15, -0.1) is 0 Å². The van der Waals surface area contributed by atoms with Crippen molar-refractivity contribution in [3.8, 4) is 23.0 Å². The molecule has 5 rings (SSSR count). The Morgan fingerprint density at radius 2 is 0.889 bits per heavy atom. The average Bonchev–Trinajstić information content (AvgIpc) is 3.16. The first-order valence-corrected chi connectivity index (χ1v) is 17.7. The Labute approximate surface area is 310 Å². The van der Waals surface area contributed by atoms with Crippen molar-refractivity contribution in [1.29, 1.82) is 0 Å². The highest BCUT2D eigenvalue weighted by Crippen LogP contribution is 2.44. The van der Waals surface area contributed by atoms with E-state index in [-0.39, 0.29) is 11.1 Å². The molecule has 0 aliphatic heterocycles. The number of hydrogen-bond donors (Lipinski definition) is 0. The lowest BCUT2D eigenvalue weighted by Crippen LogP contribution is -2.26. The molecule has 54 heavy (non-hydrogen) atoms. The third-order valence-electron chi connectivity index (χ3n) is 8.71. The molecule has 0 amide bonds. The molecule has 14 heteroatoms. The maximum Gasteiger partial charge on any atom is 0.343 e. The number of rotatable bonds is 18. The Morgan fingerprint density at radius 3 is 1.24 bits per heavy atom. The van der Waals surface area contributed by atoms with Crippen molar-refractivity contribution in [3.63, 3.8) is 0 Å². The van der Waals surface area contributed by atoms with Crippen LogP contribution in [0.15, 0.2) is 72.8 Å². The second-order valence-electron chi connectivity index (χ2n) is 12.5. The summed E-state index contributed by atoms with van der Waals surface area (Å²) in [6, 6.07) is 15.6. The fourth-order valence-corrected chi connectivity index (χ4v) is 5.91. The summed E-state index contributed by atoms with van der Waals surface area (Å²) in [4.78, 5) is 77.1. The third kappa shape index (κ3) is 8.77. The van der Waals surface area contributed by atoms with E-state index < -0.39 is 78.5 Å². The Kier molecular flexibility index (Phi) is 12.8. The number of carbonyl (C=O) groups excluding carboxylic acids is 4. The summed E-state index contributed by atoms with van der Waals surface area (Å²) < 4.78 is 22.5. The highest BCUT2D eigenvalue weighted by Gasteiger charge is 2.44. The van der Waals surface area contributed by atoms with Crippen LogP contribution >= 0.6 is 0 Å². The minimum atomic E-state index is -1.27. The molecule has 0 unspecified atom stereocenters. The summed E-state index contributed by atoms with van der Waals surface area (Å²) in [5.74, 6) is -4.38. The standard InChI is InChI=1S/C40H38N2O12/c1-3-5-7-9-23-51-27-15-11-25(12-16-27)39(45)53-31-21-19-29(41(47)48)33-35(31)38(44)36-32(22-20-30(42(49)50)34(36)37(33)43)54-40(46)26-13-17-28(18-14-26)52-24-10-8-6-4-2/h11-22H,3-10,23-24H2,1-2H3. The van der Waals surface area contributed by atoms with Gasteiger partial charge in [-0.2, -0.15) is 0 Å². The largest absolute Gasteiger partial charge is 0.494 e. The molecule has 0 bridgehead atoms. The average molecular weight is 739 g/mol. The summed E-state index contributed by atoms with van der Waals surface area (Å²) in [5.41, 5.74) is -4.64. The van der Waals surface area contributed by atoms with E-state index >= 15 is 0 Å². The molecule has 0 spiro atoms. The molecule has 14 nitrogen and oxygen atoms in total. The molecule has 0 fully saturated rings. The van der Waals surface area contributed by atoms with Gasteiger partial charge in [0.1, 0.15) is 34.1 Å². The lowest BCUT2D eigenvalue weighted by atomic mass is 9.81. The van der Waals surface area contributed by atoms with Gasteiger partial charge in [-0.1, -0.05) is 52.4 Å².